The van der Waals surface area contributed by atoms with Gasteiger partial charge in [-0.15, -0.1) is 0 Å². The summed E-state index contributed by atoms with van der Waals surface area (Å²) in [6.45, 7) is 8.00. The number of aryl methyl sites for hydroxylation is 1. The predicted octanol–water partition coefficient (Wildman–Crippen LogP) is 3.70. The van der Waals surface area contributed by atoms with Crippen molar-refractivity contribution in [3.63, 3.8) is 0 Å². The largest absolute Gasteiger partial charge is 0.364 e. The van der Waals surface area contributed by atoms with E-state index in [0.717, 1.165) is 11.8 Å². The lowest BCUT2D eigenvalue weighted by atomic mass is 10.1. The van der Waals surface area contributed by atoms with Crippen LogP contribution in [0.1, 0.15) is 63.5 Å². The van der Waals surface area contributed by atoms with Crippen molar-refractivity contribution in [1.29, 1.82) is 0 Å². The summed E-state index contributed by atoms with van der Waals surface area (Å²) >= 11 is 0. The molecule has 0 bridgehead atoms. The molecule has 4 aromatic rings. The topological polar surface area (TPSA) is 129 Å². The molecule has 33 heavy (non-hydrogen) atoms. The first-order valence-electron chi connectivity index (χ1n) is 10.3. The summed E-state index contributed by atoms with van der Waals surface area (Å²) in [6, 6.07) is 7.00. The number of carbonyl (C=O) groups is 2. The lowest BCUT2D eigenvalue weighted by Crippen LogP contribution is -2.18. The fourth-order valence-electron chi connectivity index (χ4n) is 3.55. The number of rotatable bonds is 6. The molecule has 0 aliphatic carbocycles. The zero-order valence-corrected chi connectivity index (χ0v) is 18.6. The minimum Gasteiger partial charge on any atom is -0.364 e. The number of amides is 2. The average Bonchev–Trinajstić information content (AvgIpc) is 3.33. The summed E-state index contributed by atoms with van der Waals surface area (Å²) in [5.41, 5.74) is 8.22. The highest BCUT2D eigenvalue weighted by molar-refractivity contribution is 6.14. The number of pyridine rings is 1. The Labute approximate surface area is 188 Å². The zero-order valence-electron chi connectivity index (χ0n) is 18.6. The van der Waals surface area contributed by atoms with Crippen molar-refractivity contribution >= 4 is 28.4 Å². The quantitative estimate of drug-likeness (QED) is 0.461. The smallest absolute Gasteiger partial charge is 0.267 e. The summed E-state index contributed by atoms with van der Waals surface area (Å²) in [5.74, 6) is -0.960. The van der Waals surface area contributed by atoms with E-state index in [4.69, 9.17) is 10.3 Å². The van der Waals surface area contributed by atoms with Crippen LogP contribution < -0.4 is 11.1 Å². The summed E-state index contributed by atoms with van der Waals surface area (Å²) in [4.78, 5) is 28.9. The van der Waals surface area contributed by atoms with Gasteiger partial charge in [-0.3, -0.25) is 14.3 Å². The Bertz CT molecular complexity index is 1390. The Balaban J connectivity index is 1.66. The number of nitrogens with two attached hydrogens (primary N) is 1. The van der Waals surface area contributed by atoms with Crippen molar-refractivity contribution in [1.82, 2.24) is 19.9 Å². The minimum absolute atomic E-state index is 0.131. The van der Waals surface area contributed by atoms with E-state index in [-0.39, 0.29) is 22.7 Å². The standard InChI is InChI=1S/C23H23FN6O3/c1-11(2)18-8-15(33-29-18)10-30-13(4)21(12(3)28-30)27-23(32)17-9-20(22(25)31)26-19-7-14(24)5-6-16(17)19/h5-9,11H,10H2,1-4H3,(H2,25,31)(H,27,32). The van der Waals surface area contributed by atoms with Gasteiger partial charge in [0.25, 0.3) is 11.8 Å². The van der Waals surface area contributed by atoms with E-state index >= 15 is 0 Å². The normalized spacial score (nSPS) is 11.3. The van der Waals surface area contributed by atoms with Crippen LogP contribution in [-0.4, -0.2) is 31.7 Å². The van der Waals surface area contributed by atoms with E-state index in [1.807, 2.05) is 26.8 Å². The molecule has 2 amide bonds. The molecule has 9 nitrogen and oxygen atoms in total. The van der Waals surface area contributed by atoms with Crippen molar-refractivity contribution in [2.45, 2.75) is 40.2 Å². The highest BCUT2D eigenvalue weighted by Gasteiger charge is 2.20. The molecule has 0 spiro atoms. The fraction of sp³-hybridized carbons (Fsp3) is 0.261. The van der Waals surface area contributed by atoms with Crippen LogP contribution in [-0.2, 0) is 6.54 Å². The zero-order chi connectivity index (χ0) is 23.9. The van der Waals surface area contributed by atoms with E-state index in [2.05, 4.69) is 20.6 Å². The highest BCUT2D eigenvalue weighted by atomic mass is 19.1. The maximum absolute atomic E-state index is 13.7. The van der Waals surface area contributed by atoms with Crippen molar-refractivity contribution in [2.24, 2.45) is 5.73 Å². The van der Waals surface area contributed by atoms with Crippen LogP contribution >= 0.6 is 0 Å². The lowest BCUT2D eigenvalue weighted by molar-refractivity contribution is 0.0996. The third kappa shape index (κ3) is 4.32. The molecule has 0 saturated heterocycles. The average molecular weight is 450 g/mol. The van der Waals surface area contributed by atoms with Gasteiger partial charge in [-0.1, -0.05) is 19.0 Å². The van der Waals surface area contributed by atoms with Gasteiger partial charge in [-0.05, 0) is 38.0 Å². The fourth-order valence-corrected chi connectivity index (χ4v) is 3.55. The van der Waals surface area contributed by atoms with Crippen LogP contribution in [0.25, 0.3) is 10.9 Å². The van der Waals surface area contributed by atoms with E-state index in [0.29, 0.717) is 34.8 Å². The molecule has 0 radical (unpaired) electrons. The number of aromatic nitrogens is 4. The van der Waals surface area contributed by atoms with E-state index in [1.54, 1.807) is 11.6 Å². The SMILES string of the molecule is Cc1nn(Cc2cc(C(C)C)no2)c(C)c1NC(=O)c1cc(C(N)=O)nc2cc(F)ccc12. The van der Waals surface area contributed by atoms with Crippen LogP contribution in [0.2, 0.25) is 0 Å². The van der Waals surface area contributed by atoms with Gasteiger partial charge >= 0.3 is 0 Å². The Morgan fingerprint density at radius 1 is 1.21 bits per heavy atom. The van der Waals surface area contributed by atoms with Crippen molar-refractivity contribution in [3.05, 3.63) is 70.2 Å². The second-order valence-electron chi connectivity index (χ2n) is 8.11. The molecular formula is C23H23FN6O3. The predicted molar refractivity (Wildman–Crippen MR) is 120 cm³/mol. The molecule has 3 N–H and O–H groups in total. The van der Waals surface area contributed by atoms with Crippen molar-refractivity contribution < 1.29 is 18.5 Å². The van der Waals surface area contributed by atoms with Crippen LogP contribution in [0.15, 0.2) is 34.9 Å². The third-order valence-corrected chi connectivity index (χ3v) is 5.36. The van der Waals surface area contributed by atoms with Crippen LogP contribution in [0.4, 0.5) is 10.1 Å². The molecule has 3 heterocycles. The maximum atomic E-state index is 13.7. The van der Waals surface area contributed by atoms with Crippen LogP contribution in [0.3, 0.4) is 0 Å². The second kappa shape index (κ2) is 8.45. The number of anilines is 1. The van der Waals surface area contributed by atoms with E-state index in [9.17, 15) is 14.0 Å². The van der Waals surface area contributed by atoms with E-state index in [1.165, 1.54) is 18.2 Å². The molecule has 0 aliphatic heterocycles. The first-order valence-corrected chi connectivity index (χ1v) is 10.3. The van der Waals surface area contributed by atoms with Gasteiger partial charge < -0.3 is 15.6 Å². The molecule has 0 fully saturated rings. The van der Waals surface area contributed by atoms with Crippen molar-refractivity contribution in [3.8, 4) is 0 Å². The lowest BCUT2D eigenvalue weighted by Gasteiger charge is -2.10. The van der Waals surface area contributed by atoms with Gasteiger partial charge in [0.05, 0.1) is 33.8 Å². The third-order valence-electron chi connectivity index (χ3n) is 5.36. The number of hydrogen-bond acceptors (Lipinski definition) is 6. The first-order chi connectivity index (χ1) is 15.6. The number of benzene rings is 1. The molecule has 1 aromatic carbocycles. The Kier molecular flexibility index (Phi) is 5.67. The Morgan fingerprint density at radius 3 is 2.64 bits per heavy atom. The van der Waals surface area contributed by atoms with Gasteiger partial charge in [-0.2, -0.15) is 5.10 Å². The number of primary amides is 1. The molecule has 0 aliphatic rings. The molecular weight excluding hydrogens is 427 g/mol. The van der Waals surface area contributed by atoms with E-state index < -0.39 is 17.6 Å². The summed E-state index contributed by atoms with van der Waals surface area (Å²) in [6.07, 6.45) is 0. The molecule has 10 heteroatoms. The highest BCUT2D eigenvalue weighted by Crippen LogP contribution is 2.25. The van der Waals surface area contributed by atoms with Gasteiger partial charge in [0, 0.05) is 17.5 Å². The Hall–Kier alpha value is -4.08. The number of carbonyl (C=O) groups excluding carboxylic acids is 2. The number of nitrogens with zero attached hydrogens (tertiary/aromatic N) is 4. The molecule has 0 unspecified atom stereocenters. The summed E-state index contributed by atoms with van der Waals surface area (Å²) < 4.78 is 20.8. The second-order valence-corrected chi connectivity index (χ2v) is 8.11. The van der Waals surface area contributed by atoms with Crippen LogP contribution in [0.5, 0.6) is 0 Å². The molecule has 0 atom stereocenters. The summed E-state index contributed by atoms with van der Waals surface area (Å²) in [7, 11) is 0. The van der Waals surface area contributed by atoms with Gasteiger partial charge in [0.15, 0.2) is 5.76 Å². The summed E-state index contributed by atoms with van der Waals surface area (Å²) in [5, 5.41) is 11.8. The molecule has 4 rings (SSSR count). The minimum atomic E-state index is -0.816. The first kappa shape index (κ1) is 22.1. The van der Waals surface area contributed by atoms with Crippen LogP contribution in [0, 0.1) is 19.7 Å². The number of fused-ring (bicyclic) bond motifs is 1. The van der Waals surface area contributed by atoms with Gasteiger partial charge in [-0.25, -0.2) is 9.37 Å². The molecule has 3 aromatic heterocycles. The number of halogens is 1. The van der Waals surface area contributed by atoms with Gasteiger partial charge in [0.2, 0.25) is 0 Å². The number of hydrogen-bond donors (Lipinski definition) is 2. The Morgan fingerprint density at radius 2 is 1.97 bits per heavy atom. The monoisotopic (exact) mass is 450 g/mol. The maximum Gasteiger partial charge on any atom is 0.267 e. The van der Waals surface area contributed by atoms with Gasteiger partial charge in [0.1, 0.15) is 18.1 Å². The van der Waals surface area contributed by atoms with Crippen molar-refractivity contribution in [2.75, 3.05) is 5.32 Å². The molecule has 0 saturated carbocycles. The number of nitrogens with one attached hydrogen (secondary N) is 1. The molecule has 170 valence electrons.